The molecule has 1 nitrogen and oxygen atoms in total. The first kappa shape index (κ1) is 33.9. The summed E-state index contributed by atoms with van der Waals surface area (Å²) in [6, 6.07) is 44.6. The summed E-state index contributed by atoms with van der Waals surface area (Å²) in [4.78, 5) is 0. The van der Waals surface area contributed by atoms with Crippen molar-refractivity contribution in [2.75, 3.05) is 0 Å². The lowest BCUT2D eigenvalue weighted by atomic mass is 9.59. The van der Waals surface area contributed by atoms with E-state index in [4.69, 9.17) is 4.42 Å². The predicted molar refractivity (Wildman–Crippen MR) is 265 cm³/mol. The Kier molecular flexibility index (Phi) is 7.66. The van der Waals surface area contributed by atoms with Crippen LogP contribution in [-0.4, -0.2) is 62.8 Å². The molecule has 1 aromatic heterocycles. The lowest BCUT2D eigenvalue weighted by Crippen LogP contribution is -2.50. The third-order valence-corrected chi connectivity index (χ3v) is 13.3. The average molecular weight is 691 g/mol. The first-order valence-electron chi connectivity index (χ1n) is 19.5. The quantitative estimate of drug-likeness (QED) is 0.176. The fraction of sp³-hybridized carbons (Fsp3) is 0. The SMILES string of the molecule is Bc1c(B)c(B)c2c(-c3cccc4ccccc34)c3c(B)c(B)c(B)c(B)c3c(-c3ccc(-c4cccc5oc6cc7ccccc7cc6c45)cc3)c2c1B. The summed E-state index contributed by atoms with van der Waals surface area (Å²) in [6.45, 7) is 0. The summed E-state index contributed by atoms with van der Waals surface area (Å²) in [6.07, 6.45) is 0. The van der Waals surface area contributed by atoms with Gasteiger partial charge >= 0.3 is 0 Å². The van der Waals surface area contributed by atoms with Crippen LogP contribution in [-0.2, 0) is 0 Å². The van der Waals surface area contributed by atoms with E-state index in [1.54, 1.807) is 0 Å². The lowest BCUT2D eigenvalue weighted by Gasteiger charge is -2.28. The number of fused-ring (bicyclic) bond motifs is 7. The van der Waals surface area contributed by atoms with Gasteiger partial charge in [0.1, 0.15) is 73.9 Å². The highest BCUT2D eigenvalue weighted by Gasteiger charge is 2.26. The van der Waals surface area contributed by atoms with Gasteiger partial charge in [0.2, 0.25) is 0 Å². The van der Waals surface area contributed by atoms with E-state index in [2.05, 4.69) is 184 Å². The molecule has 0 aliphatic rings. The molecule has 1 heterocycles. The monoisotopic (exact) mass is 692 g/mol. The number of rotatable bonds is 3. The van der Waals surface area contributed by atoms with Crippen molar-refractivity contribution in [1.82, 2.24) is 0 Å². The molecule has 250 valence electrons. The van der Waals surface area contributed by atoms with Crippen LogP contribution in [0.4, 0.5) is 0 Å². The Balaban J connectivity index is 1.31. The minimum Gasteiger partial charge on any atom is -0.456 e. The first-order valence-corrected chi connectivity index (χ1v) is 19.5. The van der Waals surface area contributed by atoms with E-state index in [9.17, 15) is 0 Å². The standard InChI is InChI=1S/C46H36B8O/c47-39-35-32(23-17-15-22(16-18-23)27-12-6-14-30-33(27)29-19-24-8-1-2-9-25(24)20-31(29)55-30)36-38(42(50)46(54)44(52)40(36)48)34(37(35)41(49)45(53)43(39)51)28-13-5-10-21-7-3-4-11-26(21)28/h1-20H,47-54H2. The maximum atomic E-state index is 6.48. The van der Waals surface area contributed by atoms with Gasteiger partial charge in [0.15, 0.2) is 0 Å². The Morgan fingerprint density at radius 2 is 0.782 bits per heavy atom. The largest absolute Gasteiger partial charge is 0.456 e. The molecule has 10 rings (SSSR count). The Morgan fingerprint density at radius 1 is 0.309 bits per heavy atom. The van der Waals surface area contributed by atoms with Crippen molar-refractivity contribution in [2.24, 2.45) is 0 Å². The second kappa shape index (κ2) is 12.4. The second-order valence-corrected chi connectivity index (χ2v) is 15.8. The summed E-state index contributed by atoms with van der Waals surface area (Å²) < 4.78 is 6.48. The van der Waals surface area contributed by atoms with E-state index < -0.39 is 0 Å². The average Bonchev–Trinajstić information content (AvgIpc) is 3.59. The van der Waals surface area contributed by atoms with E-state index >= 15 is 0 Å². The molecule has 9 heteroatoms. The van der Waals surface area contributed by atoms with E-state index in [1.807, 2.05) is 0 Å². The van der Waals surface area contributed by atoms with Gasteiger partial charge in [0.25, 0.3) is 0 Å². The Labute approximate surface area is 329 Å². The van der Waals surface area contributed by atoms with Crippen LogP contribution in [0.3, 0.4) is 0 Å². The van der Waals surface area contributed by atoms with Gasteiger partial charge in [-0.05, 0) is 94.7 Å². The van der Waals surface area contributed by atoms with E-state index in [0.29, 0.717) is 0 Å². The van der Waals surface area contributed by atoms with Crippen LogP contribution in [0.1, 0.15) is 0 Å². The van der Waals surface area contributed by atoms with Gasteiger partial charge in [-0.3, -0.25) is 0 Å². The zero-order valence-corrected chi connectivity index (χ0v) is 33.0. The molecule has 0 fully saturated rings. The van der Waals surface area contributed by atoms with Gasteiger partial charge in [-0.15, -0.1) is 21.9 Å². The maximum absolute atomic E-state index is 6.48. The van der Waals surface area contributed by atoms with Crippen molar-refractivity contribution in [3.05, 3.63) is 121 Å². The highest BCUT2D eigenvalue weighted by Crippen LogP contribution is 2.44. The van der Waals surface area contributed by atoms with Crippen molar-refractivity contribution < 1.29 is 4.42 Å². The minimum absolute atomic E-state index is 0.918. The van der Waals surface area contributed by atoms with Gasteiger partial charge in [0.05, 0.1) is 0 Å². The molecular formula is C46H36B8O. The fourth-order valence-electron chi connectivity index (χ4n) is 9.70. The van der Waals surface area contributed by atoms with Crippen molar-refractivity contribution in [2.45, 2.75) is 0 Å². The number of furan rings is 1. The molecule has 0 radical (unpaired) electrons. The van der Waals surface area contributed by atoms with Crippen molar-refractivity contribution >= 4 is 172 Å². The summed E-state index contributed by atoms with van der Waals surface area (Å²) in [7, 11) is 18.6. The molecule has 55 heavy (non-hydrogen) atoms. The van der Waals surface area contributed by atoms with Gasteiger partial charge in [-0.25, -0.2) is 0 Å². The smallest absolute Gasteiger partial charge is 0.139 e. The van der Waals surface area contributed by atoms with E-state index in [0.717, 1.165) is 16.6 Å². The van der Waals surface area contributed by atoms with Crippen LogP contribution < -0.4 is 43.7 Å². The normalized spacial score (nSPS) is 11.9. The number of benzene rings is 9. The Hall–Kier alpha value is -5.66. The van der Waals surface area contributed by atoms with Gasteiger partial charge in [-0.2, -0.15) is 0 Å². The van der Waals surface area contributed by atoms with Gasteiger partial charge in [0, 0.05) is 10.8 Å². The van der Waals surface area contributed by atoms with Crippen LogP contribution in [0.5, 0.6) is 0 Å². The number of hydrogen-bond acceptors (Lipinski definition) is 1. The molecular weight excluding hydrogens is 655 g/mol. The predicted octanol–water partition coefficient (Wildman–Crippen LogP) is -0.733. The second-order valence-electron chi connectivity index (χ2n) is 15.8. The molecule has 0 aliphatic heterocycles. The lowest BCUT2D eigenvalue weighted by molar-refractivity contribution is 0.669. The third-order valence-electron chi connectivity index (χ3n) is 13.3. The highest BCUT2D eigenvalue weighted by molar-refractivity contribution is 6.71. The van der Waals surface area contributed by atoms with Crippen LogP contribution >= 0.6 is 0 Å². The summed E-state index contributed by atoms with van der Waals surface area (Å²) in [5, 5.41) is 12.8. The Bertz CT molecular complexity index is 3210. The summed E-state index contributed by atoms with van der Waals surface area (Å²) >= 11 is 0. The minimum atomic E-state index is 0.918. The fourth-order valence-corrected chi connectivity index (χ4v) is 9.70. The first-order chi connectivity index (χ1) is 26.6. The maximum Gasteiger partial charge on any atom is 0.139 e. The van der Waals surface area contributed by atoms with Gasteiger partial charge in [-0.1, -0.05) is 125 Å². The zero-order chi connectivity index (χ0) is 37.9. The van der Waals surface area contributed by atoms with Crippen LogP contribution in [0.25, 0.3) is 98.4 Å². The van der Waals surface area contributed by atoms with E-state index in [1.165, 1.54) is 126 Å². The van der Waals surface area contributed by atoms with Crippen molar-refractivity contribution in [3.8, 4) is 33.4 Å². The van der Waals surface area contributed by atoms with Crippen molar-refractivity contribution in [3.63, 3.8) is 0 Å². The molecule has 10 aromatic rings. The summed E-state index contributed by atoms with van der Waals surface area (Å²) in [5.41, 5.74) is 20.4. The Morgan fingerprint density at radius 3 is 1.40 bits per heavy atom. The van der Waals surface area contributed by atoms with E-state index in [-0.39, 0.29) is 0 Å². The molecule has 9 aromatic carbocycles. The molecule has 0 unspecified atom stereocenters. The molecule has 0 aliphatic carbocycles. The van der Waals surface area contributed by atoms with Crippen molar-refractivity contribution in [1.29, 1.82) is 0 Å². The molecule has 0 amide bonds. The van der Waals surface area contributed by atoms with Crippen LogP contribution in [0, 0.1) is 0 Å². The van der Waals surface area contributed by atoms with Gasteiger partial charge < -0.3 is 4.42 Å². The molecule has 0 atom stereocenters. The topological polar surface area (TPSA) is 13.1 Å². The molecule has 0 N–H and O–H groups in total. The number of hydrogen-bond donors (Lipinski definition) is 0. The van der Waals surface area contributed by atoms with Crippen LogP contribution in [0.15, 0.2) is 126 Å². The highest BCUT2D eigenvalue weighted by atomic mass is 16.3. The van der Waals surface area contributed by atoms with Crippen LogP contribution in [0.2, 0.25) is 0 Å². The molecule has 0 spiro atoms. The molecule has 0 bridgehead atoms. The third kappa shape index (κ3) is 4.85. The summed E-state index contributed by atoms with van der Waals surface area (Å²) in [5.74, 6) is 0. The zero-order valence-electron chi connectivity index (χ0n) is 33.0. The molecule has 0 saturated heterocycles. The molecule has 0 saturated carbocycles.